The molecule has 0 aliphatic heterocycles. The van der Waals surface area contributed by atoms with Crippen LogP contribution in [0.2, 0.25) is 0 Å². The van der Waals surface area contributed by atoms with E-state index in [9.17, 15) is 14.0 Å². The van der Waals surface area contributed by atoms with Gasteiger partial charge in [-0.25, -0.2) is 4.39 Å². The van der Waals surface area contributed by atoms with Crippen LogP contribution < -0.4 is 5.32 Å². The Hall–Kier alpha value is -1.91. The highest BCUT2D eigenvalue weighted by Gasteiger charge is 2.15. The Balaban J connectivity index is 2.57. The number of carbonyl (C=O) groups excluding carboxylic acids is 2. The highest BCUT2D eigenvalue weighted by Crippen LogP contribution is 2.12. The van der Waals surface area contributed by atoms with E-state index >= 15 is 0 Å². The van der Waals surface area contributed by atoms with Gasteiger partial charge in [-0.2, -0.15) is 0 Å². The van der Waals surface area contributed by atoms with E-state index in [0.717, 1.165) is 0 Å². The van der Waals surface area contributed by atoms with Crippen molar-refractivity contribution in [2.45, 2.75) is 20.3 Å². The van der Waals surface area contributed by atoms with Gasteiger partial charge in [-0.05, 0) is 26.0 Å². The fourth-order valence-electron chi connectivity index (χ4n) is 1.58. The molecule has 1 aromatic carbocycles. The lowest BCUT2D eigenvalue weighted by Crippen LogP contribution is -2.33. The average Bonchev–Trinajstić information content (AvgIpc) is 2.33. The van der Waals surface area contributed by atoms with E-state index in [0.29, 0.717) is 13.1 Å². The van der Waals surface area contributed by atoms with Crippen molar-refractivity contribution in [1.82, 2.24) is 4.90 Å². The fraction of sp³-hybridized carbons (Fsp3) is 0.385. The molecule has 0 atom stereocenters. The van der Waals surface area contributed by atoms with Gasteiger partial charge in [0.1, 0.15) is 12.2 Å². The molecule has 1 rings (SSSR count). The van der Waals surface area contributed by atoms with Crippen molar-refractivity contribution in [2.75, 3.05) is 18.4 Å². The maximum absolute atomic E-state index is 13.3. The highest BCUT2D eigenvalue weighted by molar-refractivity contribution is 6.03. The van der Waals surface area contributed by atoms with Crippen LogP contribution in [-0.2, 0) is 9.59 Å². The third kappa shape index (κ3) is 3.84. The van der Waals surface area contributed by atoms with Gasteiger partial charge in [-0.15, -0.1) is 0 Å². The summed E-state index contributed by atoms with van der Waals surface area (Å²) < 4.78 is 13.3. The van der Waals surface area contributed by atoms with E-state index in [2.05, 4.69) is 5.32 Å². The molecule has 0 radical (unpaired) electrons. The Morgan fingerprint density at radius 2 is 1.83 bits per heavy atom. The monoisotopic (exact) mass is 252 g/mol. The summed E-state index contributed by atoms with van der Waals surface area (Å²) in [6.07, 6.45) is -0.268. The summed E-state index contributed by atoms with van der Waals surface area (Å²) in [7, 11) is 0. The minimum atomic E-state index is -0.513. The molecule has 0 bridgehead atoms. The molecule has 0 fully saturated rings. The van der Waals surface area contributed by atoms with Gasteiger partial charge in [-0.3, -0.25) is 9.59 Å². The lowest BCUT2D eigenvalue weighted by molar-refractivity contribution is -0.134. The molecule has 0 heterocycles. The third-order valence-electron chi connectivity index (χ3n) is 2.58. The SMILES string of the molecule is CCN(CC)C(=O)CC(=O)Nc1ccccc1F. The van der Waals surface area contributed by atoms with Crippen molar-refractivity contribution in [3.8, 4) is 0 Å². The van der Waals surface area contributed by atoms with Gasteiger partial charge in [0.25, 0.3) is 0 Å². The van der Waals surface area contributed by atoms with Crippen molar-refractivity contribution in [3.05, 3.63) is 30.1 Å². The molecular formula is C13H17FN2O2. The molecule has 0 aliphatic rings. The van der Waals surface area contributed by atoms with Crippen LogP contribution >= 0.6 is 0 Å². The van der Waals surface area contributed by atoms with Crippen LogP contribution in [0.3, 0.4) is 0 Å². The standard InChI is InChI=1S/C13H17FN2O2/c1-3-16(4-2)13(18)9-12(17)15-11-8-6-5-7-10(11)14/h5-8H,3-4,9H2,1-2H3,(H,15,17). The Morgan fingerprint density at radius 3 is 2.39 bits per heavy atom. The average molecular weight is 252 g/mol. The molecule has 5 heteroatoms. The number of para-hydroxylation sites is 1. The number of benzene rings is 1. The Kier molecular flexibility index (Phi) is 5.30. The van der Waals surface area contributed by atoms with Crippen molar-refractivity contribution in [1.29, 1.82) is 0 Å². The lowest BCUT2D eigenvalue weighted by Gasteiger charge is -2.18. The zero-order valence-corrected chi connectivity index (χ0v) is 10.6. The molecule has 18 heavy (non-hydrogen) atoms. The van der Waals surface area contributed by atoms with Crippen LogP contribution in [-0.4, -0.2) is 29.8 Å². The summed E-state index contributed by atoms with van der Waals surface area (Å²) >= 11 is 0. The van der Waals surface area contributed by atoms with E-state index in [1.54, 1.807) is 11.0 Å². The van der Waals surface area contributed by atoms with Crippen LogP contribution in [0.1, 0.15) is 20.3 Å². The van der Waals surface area contributed by atoms with Crippen LogP contribution in [0.4, 0.5) is 10.1 Å². The Labute approximate surface area is 106 Å². The number of hydrogen-bond donors (Lipinski definition) is 1. The molecule has 0 aromatic heterocycles. The lowest BCUT2D eigenvalue weighted by atomic mass is 10.2. The number of hydrogen-bond acceptors (Lipinski definition) is 2. The number of nitrogens with one attached hydrogen (secondary N) is 1. The zero-order valence-electron chi connectivity index (χ0n) is 10.6. The van der Waals surface area contributed by atoms with Crippen molar-refractivity contribution in [3.63, 3.8) is 0 Å². The number of halogens is 1. The normalized spacial score (nSPS) is 9.94. The van der Waals surface area contributed by atoms with Gasteiger partial charge in [0, 0.05) is 13.1 Å². The minimum Gasteiger partial charge on any atom is -0.343 e. The van der Waals surface area contributed by atoms with E-state index in [4.69, 9.17) is 0 Å². The van der Waals surface area contributed by atoms with Crippen molar-refractivity contribution in [2.24, 2.45) is 0 Å². The first-order valence-corrected chi connectivity index (χ1v) is 5.90. The zero-order chi connectivity index (χ0) is 13.5. The first-order chi connectivity index (χ1) is 8.58. The summed E-state index contributed by atoms with van der Waals surface area (Å²) in [5, 5.41) is 2.38. The smallest absolute Gasteiger partial charge is 0.233 e. The number of rotatable bonds is 5. The molecule has 1 aromatic rings. The second-order valence-electron chi connectivity index (χ2n) is 3.77. The second kappa shape index (κ2) is 6.74. The number of anilines is 1. The third-order valence-corrected chi connectivity index (χ3v) is 2.58. The molecule has 0 unspecified atom stereocenters. The largest absolute Gasteiger partial charge is 0.343 e. The molecule has 2 amide bonds. The summed E-state index contributed by atoms with van der Waals surface area (Å²) in [6.45, 7) is 4.80. The second-order valence-corrected chi connectivity index (χ2v) is 3.77. The molecular weight excluding hydrogens is 235 g/mol. The van der Waals surface area contributed by atoms with E-state index in [1.165, 1.54) is 18.2 Å². The van der Waals surface area contributed by atoms with Gasteiger partial charge in [0.15, 0.2) is 0 Å². The van der Waals surface area contributed by atoms with Gasteiger partial charge >= 0.3 is 0 Å². The molecule has 0 saturated heterocycles. The molecule has 0 saturated carbocycles. The molecule has 0 aliphatic carbocycles. The van der Waals surface area contributed by atoms with Gasteiger partial charge < -0.3 is 10.2 Å². The quantitative estimate of drug-likeness (QED) is 0.815. The fourth-order valence-corrected chi connectivity index (χ4v) is 1.58. The first-order valence-electron chi connectivity index (χ1n) is 5.90. The summed E-state index contributed by atoms with van der Waals surface area (Å²) in [5.74, 6) is -1.27. The van der Waals surface area contributed by atoms with Crippen molar-refractivity contribution < 1.29 is 14.0 Å². The first kappa shape index (κ1) is 14.2. The van der Waals surface area contributed by atoms with E-state index in [-0.39, 0.29) is 18.0 Å². The van der Waals surface area contributed by atoms with Crippen LogP contribution in [0.5, 0.6) is 0 Å². The topological polar surface area (TPSA) is 49.4 Å². The maximum atomic E-state index is 13.3. The van der Waals surface area contributed by atoms with Crippen LogP contribution in [0.15, 0.2) is 24.3 Å². The predicted molar refractivity (Wildman–Crippen MR) is 67.6 cm³/mol. The van der Waals surface area contributed by atoms with Gasteiger partial charge in [-0.1, -0.05) is 12.1 Å². The highest BCUT2D eigenvalue weighted by atomic mass is 19.1. The maximum Gasteiger partial charge on any atom is 0.233 e. The number of carbonyl (C=O) groups is 2. The molecule has 4 nitrogen and oxygen atoms in total. The summed E-state index contributed by atoms with van der Waals surface area (Å²) in [4.78, 5) is 24.8. The molecule has 98 valence electrons. The number of nitrogens with zero attached hydrogens (tertiary/aromatic N) is 1. The summed E-state index contributed by atoms with van der Waals surface area (Å²) in [5.41, 5.74) is 0.0925. The molecule has 0 spiro atoms. The van der Waals surface area contributed by atoms with E-state index in [1.807, 2.05) is 13.8 Å². The Bertz CT molecular complexity index is 431. The predicted octanol–water partition coefficient (Wildman–Crippen LogP) is 2.02. The van der Waals surface area contributed by atoms with Gasteiger partial charge in [0.05, 0.1) is 5.69 Å². The van der Waals surface area contributed by atoms with E-state index < -0.39 is 11.7 Å². The summed E-state index contributed by atoms with van der Waals surface area (Å²) in [6, 6.07) is 5.86. The Morgan fingerprint density at radius 1 is 1.22 bits per heavy atom. The van der Waals surface area contributed by atoms with Crippen LogP contribution in [0.25, 0.3) is 0 Å². The van der Waals surface area contributed by atoms with Crippen LogP contribution in [0, 0.1) is 5.82 Å². The minimum absolute atomic E-state index is 0.0925. The van der Waals surface area contributed by atoms with Gasteiger partial charge in [0.2, 0.25) is 11.8 Å². The van der Waals surface area contributed by atoms with Crippen molar-refractivity contribution >= 4 is 17.5 Å². The number of amides is 2. The molecule has 1 N–H and O–H groups in total.